The van der Waals surface area contributed by atoms with Gasteiger partial charge < -0.3 is 14.8 Å². The van der Waals surface area contributed by atoms with Crippen LogP contribution in [-0.2, 0) is 16.0 Å². The molecule has 1 N–H and O–H groups in total. The van der Waals surface area contributed by atoms with Crippen LogP contribution in [0.25, 0.3) is 0 Å². The zero-order chi connectivity index (χ0) is 21.0. The van der Waals surface area contributed by atoms with Gasteiger partial charge in [0.25, 0.3) is 5.91 Å². The lowest BCUT2D eigenvalue weighted by Gasteiger charge is -2.57. The van der Waals surface area contributed by atoms with E-state index in [1.807, 2.05) is 37.3 Å². The molecule has 2 fully saturated rings. The van der Waals surface area contributed by atoms with Crippen molar-refractivity contribution >= 4 is 5.91 Å². The second-order valence-corrected chi connectivity index (χ2v) is 8.30. The number of fused-ring (bicyclic) bond motifs is 2. The van der Waals surface area contributed by atoms with Gasteiger partial charge in [-0.2, -0.15) is 0 Å². The zero-order valence-electron chi connectivity index (χ0n) is 17.9. The maximum absolute atomic E-state index is 13.1. The van der Waals surface area contributed by atoms with E-state index in [1.54, 1.807) is 7.11 Å². The van der Waals surface area contributed by atoms with Crippen molar-refractivity contribution in [2.24, 2.45) is 0 Å². The molecule has 2 aromatic carbocycles. The Bertz CT molecular complexity index is 829. The minimum absolute atomic E-state index is 0.114. The van der Waals surface area contributed by atoms with E-state index in [2.05, 4.69) is 40.5 Å². The van der Waals surface area contributed by atoms with Gasteiger partial charge in [0.05, 0.1) is 0 Å². The Kier molecular flexibility index (Phi) is 6.52. The Morgan fingerprint density at radius 2 is 1.80 bits per heavy atom. The summed E-state index contributed by atoms with van der Waals surface area (Å²) in [6.45, 7) is 3.49. The van der Waals surface area contributed by atoms with E-state index in [1.165, 1.54) is 12.0 Å². The number of hydrogen-bond acceptors (Lipinski definition) is 4. The van der Waals surface area contributed by atoms with Crippen LogP contribution < -0.4 is 5.32 Å². The normalized spacial score (nSPS) is 28.8. The first kappa shape index (κ1) is 21.0. The molecule has 2 bridgehead atoms. The molecule has 1 amide bonds. The largest absolute Gasteiger partial charge is 0.372 e. The van der Waals surface area contributed by atoms with Crippen LogP contribution in [0, 0.1) is 0 Å². The first-order valence-electron chi connectivity index (χ1n) is 11.0. The van der Waals surface area contributed by atoms with Crippen molar-refractivity contribution in [3.05, 3.63) is 71.8 Å². The lowest BCUT2D eigenvalue weighted by atomic mass is 9.76. The van der Waals surface area contributed by atoms with E-state index in [9.17, 15) is 4.79 Å². The van der Waals surface area contributed by atoms with Crippen molar-refractivity contribution in [3.8, 4) is 0 Å². The van der Waals surface area contributed by atoms with Crippen molar-refractivity contribution in [1.29, 1.82) is 0 Å². The number of benzene rings is 2. The van der Waals surface area contributed by atoms with Crippen LogP contribution in [0.5, 0.6) is 0 Å². The van der Waals surface area contributed by atoms with Gasteiger partial charge in [-0.25, -0.2) is 0 Å². The van der Waals surface area contributed by atoms with E-state index in [0.717, 1.165) is 25.8 Å². The average Bonchev–Trinajstić information content (AvgIpc) is 2.78. The summed E-state index contributed by atoms with van der Waals surface area (Å²) in [7, 11) is 1.69. The number of nitrogens with zero attached hydrogens (tertiary/aromatic N) is 1. The lowest BCUT2D eigenvalue weighted by molar-refractivity contribution is -0.218. The number of carbonyl (C=O) groups is 1. The maximum atomic E-state index is 13.1. The number of ether oxygens (including phenoxy) is 2. The molecule has 0 saturated carbocycles. The fourth-order valence-electron chi connectivity index (χ4n) is 5.18. The third kappa shape index (κ3) is 4.15. The molecule has 4 atom stereocenters. The predicted octanol–water partition coefficient (Wildman–Crippen LogP) is 3.99. The predicted molar refractivity (Wildman–Crippen MR) is 117 cm³/mol. The second-order valence-electron chi connectivity index (χ2n) is 8.30. The van der Waals surface area contributed by atoms with Gasteiger partial charge in [0.15, 0.2) is 5.72 Å². The molecule has 2 aromatic rings. The Balaban J connectivity index is 1.62. The molecule has 0 aliphatic carbocycles. The van der Waals surface area contributed by atoms with Crippen molar-refractivity contribution in [2.75, 3.05) is 13.7 Å². The molecule has 0 radical (unpaired) electrons. The first-order chi connectivity index (χ1) is 14.7. The smallest absolute Gasteiger partial charge is 0.253 e. The Hall–Kier alpha value is -2.21. The third-order valence-electron chi connectivity index (χ3n) is 6.56. The molecule has 5 nitrogen and oxygen atoms in total. The minimum Gasteiger partial charge on any atom is -0.372 e. The van der Waals surface area contributed by atoms with Gasteiger partial charge in [0.2, 0.25) is 0 Å². The standard InChI is InChI=1S/C25H32N2O3/c1-3-30-23-22-16-10-15-21(27(22)18-19-11-6-4-7-12-19)17-25(23,29-2)26-24(28)20-13-8-5-9-14-20/h4-9,11-14,21-23H,3,10,15-18H2,1-2H3,(H,26,28)/t21?,22?,23?,25-/m0/s1. The van der Waals surface area contributed by atoms with E-state index < -0.39 is 5.72 Å². The van der Waals surface area contributed by atoms with Crippen molar-refractivity contribution in [3.63, 3.8) is 0 Å². The highest BCUT2D eigenvalue weighted by molar-refractivity contribution is 5.94. The zero-order valence-corrected chi connectivity index (χ0v) is 17.9. The maximum Gasteiger partial charge on any atom is 0.253 e. The number of nitrogens with one attached hydrogen (secondary N) is 1. The Morgan fingerprint density at radius 1 is 1.10 bits per heavy atom. The summed E-state index contributed by atoms with van der Waals surface area (Å²) in [4.78, 5) is 15.6. The molecule has 0 aromatic heterocycles. The van der Waals surface area contributed by atoms with Crippen LogP contribution in [-0.4, -0.2) is 48.4 Å². The molecule has 160 valence electrons. The fraction of sp³-hybridized carbons (Fsp3) is 0.480. The number of amides is 1. The molecular weight excluding hydrogens is 376 g/mol. The molecule has 3 unspecified atom stereocenters. The summed E-state index contributed by atoms with van der Waals surface area (Å²) >= 11 is 0. The number of piperidine rings is 2. The van der Waals surface area contributed by atoms with E-state index in [-0.39, 0.29) is 18.1 Å². The molecule has 5 heteroatoms. The molecule has 4 rings (SSSR count). The fourth-order valence-corrected chi connectivity index (χ4v) is 5.18. The summed E-state index contributed by atoms with van der Waals surface area (Å²) < 4.78 is 12.4. The van der Waals surface area contributed by atoms with Crippen LogP contribution in [0.3, 0.4) is 0 Å². The molecule has 2 aliphatic heterocycles. The van der Waals surface area contributed by atoms with Crippen LogP contribution in [0.2, 0.25) is 0 Å². The third-order valence-corrected chi connectivity index (χ3v) is 6.56. The first-order valence-corrected chi connectivity index (χ1v) is 11.0. The van der Waals surface area contributed by atoms with Crippen LogP contribution >= 0.6 is 0 Å². The molecule has 2 aliphatic rings. The quantitative estimate of drug-likeness (QED) is 0.704. The van der Waals surface area contributed by atoms with Crippen molar-refractivity contribution < 1.29 is 14.3 Å². The van der Waals surface area contributed by atoms with E-state index in [4.69, 9.17) is 9.47 Å². The highest BCUT2D eigenvalue weighted by Gasteiger charge is 2.55. The summed E-state index contributed by atoms with van der Waals surface area (Å²) in [5.74, 6) is -0.114. The van der Waals surface area contributed by atoms with E-state index >= 15 is 0 Å². The van der Waals surface area contributed by atoms with E-state index in [0.29, 0.717) is 18.2 Å². The highest BCUT2D eigenvalue weighted by atomic mass is 16.6. The number of carbonyl (C=O) groups excluding carboxylic acids is 1. The second kappa shape index (κ2) is 9.29. The van der Waals surface area contributed by atoms with Gasteiger partial charge in [0, 0.05) is 44.3 Å². The molecule has 2 heterocycles. The minimum atomic E-state index is -0.828. The summed E-state index contributed by atoms with van der Waals surface area (Å²) in [5, 5.41) is 3.23. The SMILES string of the molecule is CCOC1C2CCCC(C[C@]1(NC(=O)c1ccccc1)OC)N2Cc1ccccc1. The topological polar surface area (TPSA) is 50.8 Å². The molecule has 0 spiro atoms. The number of methoxy groups -OCH3 is 1. The van der Waals surface area contributed by atoms with Crippen molar-refractivity contribution in [1.82, 2.24) is 10.2 Å². The summed E-state index contributed by atoms with van der Waals surface area (Å²) in [6.07, 6.45) is 3.82. The number of hydrogen-bond donors (Lipinski definition) is 1. The highest BCUT2D eigenvalue weighted by Crippen LogP contribution is 2.42. The Morgan fingerprint density at radius 3 is 2.47 bits per heavy atom. The van der Waals surface area contributed by atoms with Gasteiger partial charge in [-0.3, -0.25) is 9.69 Å². The molecular formula is C25H32N2O3. The lowest BCUT2D eigenvalue weighted by Crippen LogP contribution is -2.72. The average molecular weight is 409 g/mol. The van der Waals surface area contributed by atoms with Crippen LogP contribution in [0.1, 0.15) is 48.5 Å². The molecule has 2 saturated heterocycles. The van der Waals surface area contributed by atoms with Gasteiger partial charge in [-0.1, -0.05) is 55.0 Å². The van der Waals surface area contributed by atoms with Gasteiger partial charge in [-0.05, 0) is 37.5 Å². The van der Waals surface area contributed by atoms with Crippen molar-refractivity contribution in [2.45, 2.75) is 63.1 Å². The Labute approximate surface area is 179 Å². The molecule has 30 heavy (non-hydrogen) atoms. The summed E-state index contributed by atoms with van der Waals surface area (Å²) in [5.41, 5.74) is 1.12. The monoisotopic (exact) mass is 408 g/mol. The van der Waals surface area contributed by atoms with Gasteiger partial charge in [0.1, 0.15) is 6.10 Å². The van der Waals surface area contributed by atoms with Gasteiger partial charge >= 0.3 is 0 Å². The summed E-state index contributed by atoms with van der Waals surface area (Å²) in [6, 6.07) is 20.5. The van der Waals surface area contributed by atoms with Crippen LogP contribution in [0.4, 0.5) is 0 Å². The van der Waals surface area contributed by atoms with Gasteiger partial charge in [-0.15, -0.1) is 0 Å². The van der Waals surface area contributed by atoms with Crippen LogP contribution in [0.15, 0.2) is 60.7 Å². The number of rotatable bonds is 7.